The molecule has 1 aromatic heterocycles. The standard InChI is InChI=1S/C13H12Cl2N4O/c14-10-2-1-9(6-11(10)15)18-7-8-3-4-17-12(5-8)13(16)19-20/h1-6,18,20H,7H2,(H2,16,19). The molecule has 0 atom stereocenters. The molecule has 0 fully saturated rings. The second kappa shape index (κ2) is 6.45. The third-order valence-corrected chi connectivity index (χ3v) is 3.35. The summed E-state index contributed by atoms with van der Waals surface area (Å²) in [6.45, 7) is 0.548. The summed E-state index contributed by atoms with van der Waals surface area (Å²) < 4.78 is 0. The lowest BCUT2D eigenvalue weighted by Crippen LogP contribution is -2.15. The van der Waals surface area contributed by atoms with Crippen LogP contribution < -0.4 is 11.1 Å². The van der Waals surface area contributed by atoms with Crippen LogP contribution >= 0.6 is 23.2 Å². The van der Waals surface area contributed by atoms with Gasteiger partial charge < -0.3 is 16.3 Å². The average molecular weight is 311 g/mol. The van der Waals surface area contributed by atoms with Gasteiger partial charge in [-0.05, 0) is 35.9 Å². The molecule has 4 N–H and O–H groups in total. The summed E-state index contributed by atoms with van der Waals surface area (Å²) in [5.74, 6) is -0.0265. The van der Waals surface area contributed by atoms with Gasteiger partial charge in [0.15, 0.2) is 5.84 Å². The monoisotopic (exact) mass is 310 g/mol. The third kappa shape index (κ3) is 3.53. The van der Waals surface area contributed by atoms with Crippen LogP contribution in [0.5, 0.6) is 0 Å². The number of hydrogen-bond donors (Lipinski definition) is 3. The van der Waals surface area contributed by atoms with Crippen LogP contribution in [0.4, 0.5) is 5.69 Å². The highest BCUT2D eigenvalue weighted by atomic mass is 35.5. The van der Waals surface area contributed by atoms with Crippen molar-refractivity contribution in [1.82, 2.24) is 4.98 Å². The molecule has 20 heavy (non-hydrogen) atoms. The zero-order chi connectivity index (χ0) is 14.5. The van der Waals surface area contributed by atoms with Gasteiger partial charge in [-0.1, -0.05) is 28.4 Å². The molecule has 0 spiro atoms. The van der Waals surface area contributed by atoms with Crippen LogP contribution in [0, 0.1) is 0 Å². The van der Waals surface area contributed by atoms with E-state index in [1.165, 1.54) is 0 Å². The van der Waals surface area contributed by atoms with E-state index in [9.17, 15) is 0 Å². The number of aromatic nitrogens is 1. The molecule has 0 amide bonds. The van der Waals surface area contributed by atoms with Gasteiger partial charge in [0.25, 0.3) is 0 Å². The first kappa shape index (κ1) is 14.4. The van der Waals surface area contributed by atoms with Crippen molar-refractivity contribution in [3.05, 3.63) is 57.8 Å². The summed E-state index contributed by atoms with van der Waals surface area (Å²) >= 11 is 11.8. The maximum absolute atomic E-state index is 8.62. The largest absolute Gasteiger partial charge is 0.409 e. The lowest BCUT2D eigenvalue weighted by Gasteiger charge is -2.08. The minimum Gasteiger partial charge on any atom is -0.409 e. The molecule has 0 aliphatic rings. The first-order chi connectivity index (χ1) is 9.60. The average Bonchev–Trinajstić information content (AvgIpc) is 2.48. The molecule has 2 rings (SSSR count). The number of halogens is 2. The molecular weight excluding hydrogens is 299 g/mol. The van der Waals surface area contributed by atoms with E-state index in [1.807, 2.05) is 12.1 Å². The van der Waals surface area contributed by atoms with Crippen LogP contribution in [0.3, 0.4) is 0 Å². The second-order valence-corrected chi connectivity index (χ2v) is 4.83. The quantitative estimate of drug-likeness (QED) is 0.351. The Bertz CT molecular complexity index is 646. The van der Waals surface area contributed by atoms with Crippen LogP contribution in [-0.2, 0) is 6.54 Å². The van der Waals surface area contributed by atoms with Crippen LogP contribution in [0.1, 0.15) is 11.3 Å². The van der Waals surface area contributed by atoms with Gasteiger partial charge in [0.05, 0.1) is 10.0 Å². The molecule has 1 aromatic carbocycles. The molecule has 0 aliphatic heterocycles. The van der Waals surface area contributed by atoms with Crippen LogP contribution in [0.25, 0.3) is 0 Å². The van der Waals surface area contributed by atoms with Crippen molar-refractivity contribution < 1.29 is 5.21 Å². The van der Waals surface area contributed by atoms with E-state index < -0.39 is 0 Å². The van der Waals surface area contributed by atoms with E-state index in [4.69, 9.17) is 34.1 Å². The first-order valence-corrected chi connectivity index (χ1v) is 6.47. The Kier molecular flexibility index (Phi) is 4.65. The summed E-state index contributed by atoms with van der Waals surface area (Å²) in [6, 6.07) is 8.87. The molecule has 104 valence electrons. The van der Waals surface area contributed by atoms with E-state index >= 15 is 0 Å². The Morgan fingerprint density at radius 1 is 1.25 bits per heavy atom. The van der Waals surface area contributed by atoms with Gasteiger partial charge in [-0.15, -0.1) is 0 Å². The van der Waals surface area contributed by atoms with Crippen molar-refractivity contribution in [1.29, 1.82) is 0 Å². The smallest absolute Gasteiger partial charge is 0.188 e. The third-order valence-electron chi connectivity index (χ3n) is 2.61. The number of pyridine rings is 1. The molecule has 0 saturated carbocycles. The zero-order valence-corrected chi connectivity index (χ0v) is 11.9. The van der Waals surface area contributed by atoms with Crippen LogP contribution in [-0.4, -0.2) is 16.0 Å². The van der Waals surface area contributed by atoms with Gasteiger partial charge in [0.1, 0.15) is 5.69 Å². The number of nitrogens with one attached hydrogen (secondary N) is 1. The normalized spacial score (nSPS) is 11.4. The fourth-order valence-corrected chi connectivity index (χ4v) is 1.88. The summed E-state index contributed by atoms with van der Waals surface area (Å²) in [5.41, 5.74) is 7.70. The molecule has 1 heterocycles. The molecule has 0 radical (unpaired) electrons. The number of oxime groups is 1. The van der Waals surface area contributed by atoms with E-state index in [1.54, 1.807) is 24.4 Å². The Labute approximate surface area is 126 Å². The van der Waals surface area contributed by atoms with Gasteiger partial charge in [-0.25, -0.2) is 0 Å². The Morgan fingerprint density at radius 2 is 2.05 bits per heavy atom. The lowest BCUT2D eigenvalue weighted by atomic mass is 10.2. The van der Waals surface area contributed by atoms with E-state index in [2.05, 4.69) is 15.5 Å². The van der Waals surface area contributed by atoms with Gasteiger partial charge in [0, 0.05) is 18.4 Å². The van der Waals surface area contributed by atoms with Crippen molar-refractivity contribution in [3.8, 4) is 0 Å². The van der Waals surface area contributed by atoms with Gasteiger partial charge >= 0.3 is 0 Å². The molecule has 0 bridgehead atoms. The summed E-state index contributed by atoms with van der Waals surface area (Å²) in [6.07, 6.45) is 1.60. The van der Waals surface area contributed by atoms with Crippen LogP contribution in [0.15, 0.2) is 41.7 Å². The topological polar surface area (TPSA) is 83.5 Å². The van der Waals surface area contributed by atoms with Crippen molar-refractivity contribution in [2.45, 2.75) is 6.54 Å². The fourth-order valence-electron chi connectivity index (χ4n) is 1.59. The minimum absolute atomic E-state index is 0.0265. The number of rotatable bonds is 4. The predicted octanol–water partition coefficient (Wildman–Crippen LogP) is 3.10. The highest BCUT2D eigenvalue weighted by molar-refractivity contribution is 6.42. The van der Waals surface area contributed by atoms with Crippen molar-refractivity contribution in [3.63, 3.8) is 0 Å². The highest BCUT2D eigenvalue weighted by Gasteiger charge is 2.03. The highest BCUT2D eigenvalue weighted by Crippen LogP contribution is 2.25. The maximum atomic E-state index is 8.62. The number of nitrogens with zero attached hydrogens (tertiary/aromatic N) is 2. The van der Waals surface area contributed by atoms with Crippen LogP contribution in [0.2, 0.25) is 10.0 Å². The fraction of sp³-hybridized carbons (Fsp3) is 0.0769. The van der Waals surface area contributed by atoms with E-state index in [-0.39, 0.29) is 5.84 Å². The minimum atomic E-state index is -0.0265. The second-order valence-electron chi connectivity index (χ2n) is 4.02. The SMILES string of the molecule is NC(=NO)c1cc(CNc2ccc(Cl)c(Cl)c2)ccn1. The van der Waals surface area contributed by atoms with Crippen molar-refractivity contribution >= 4 is 34.7 Å². The molecule has 0 unspecified atom stereocenters. The number of amidine groups is 1. The summed E-state index contributed by atoms with van der Waals surface area (Å²) in [5, 5.41) is 15.7. The molecule has 0 aliphatic carbocycles. The molecule has 7 heteroatoms. The van der Waals surface area contributed by atoms with Gasteiger partial charge in [0.2, 0.25) is 0 Å². The van der Waals surface area contributed by atoms with Crippen molar-refractivity contribution in [2.75, 3.05) is 5.32 Å². The maximum Gasteiger partial charge on any atom is 0.188 e. The van der Waals surface area contributed by atoms with E-state index in [0.717, 1.165) is 11.3 Å². The molecule has 2 aromatic rings. The predicted molar refractivity (Wildman–Crippen MR) is 80.5 cm³/mol. The summed E-state index contributed by atoms with van der Waals surface area (Å²) in [7, 11) is 0. The number of hydrogen-bond acceptors (Lipinski definition) is 4. The summed E-state index contributed by atoms with van der Waals surface area (Å²) in [4.78, 5) is 4.01. The first-order valence-electron chi connectivity index (χ1n) is 5.72. The molecule has 0 saturated heterocycles. The van der Waals surface area contributed by atoms with Gasteiger partial charge in [-0.2, -0.15) is 0 Å². The zero-order valence-electron chi connectivity index (χ0n) is 10.3. The van der Waals surface area contributed by atoms with E-state index in [0.29, 0.717) is 22.3 Å². The van der Waals surface area contributed by atoms with Crippen molar-refractivity contribution in [2.24, 2.45) is 10.9 Å². The number of anilines is 1. The number of nitrogens with two attached hydrogens (primary N) is 1. The lowest BCUT2D eigenvalue weighted by molar-refractivity contribution is 0.318. The Balaban J connectivity index is 2.09. The number of benzene rings is 1. The Hall–Kier alpha value is -1.98. The van der Waals surface area contributed by atoms with Gasteiger partial charge in [-0.3, -0.25) is 4.98 Å². The Morgan fingerprint density at radius 3 is 2.75 bits per heavy atom. The molecular formula is C13H12Cl2N4O. The molecule has 5 nitrogen and oxygen atoms in total.